The molecular formula is C42H28N2S2. The van der Waals surface area contributed by atoms with Crippen molar-refractivity contribution >= 4 is 56.7 Å². The lowest BCUT2D eigenvalue weighted by Gasteiger charge is -2.28. The van der Waals surface area contributed by atoms with Crippen LogP contribution < -0.4 is 4.90 Å². The number of hydrogen-bond donors (Lipinski definition) is 0. The lowest BCUT2D eigenvalue weighted by atomic mass is 10.1. The zero-order valence-corrected chi connectivity index (χ0v) is 26.6. The first-order valence-electron chi connectivity index (χ1n) is 15.5. The summed E-state index contributed by atoms with van der Waals surface area (Å²) in [5.74, 6) is 0. The number of fused-ring (bicyclic) bond motifs is 6. The Morgan fingerprint density at radius 3 is 2.04 bits per heavy atom. The number of para-hydroxylation sites is 1. The molecule has 9 rings (SSSR count). The van der Waals surface area contributed by atoms with Crippen LogP contribution in [-0.4, -0.2) is 4.57 Å². The standard InChI is InChI=1S/C42H28N2S2/c1-4-12-29(13-5-1)30-20-22-33(23-21-30)44-36-25-24-34(43(31-14-6-2-7-15-31)32-16-8-3-9-17-32)28-35(36)41-37(44)26-27-40-42(41)46-39-19-11-10-18-38(39)45-40/h1-2,4-16,18-28H,17H2. The fourth-order valence-electron chi connectivity index (χ4n) is 6.60. The van der Waals surface area contributed by atoms with Crippen LogP contribution in [0.15, 0.2) is 189 Å². The maximum Gasteiger partial charge on any atom is 0.0553 e. The Labute approximate surface area is 277 Å². The number of benzene rings is 6. The van der Waals surface area contributed by atoms with Gasteiger partial charge in [0.25, 0.3) is 0 Å². The van der Waals surface area contributed by atoms with Crippen LogP contribution in [0.4, 0.5) is 11.4 Å². The molecule has 0 N–H and O–H groups in total. The molecule has 0 saturated heterocycles. The molecule has 2 nitrogen and oxygen atoms in total. The summed E-state index contributed by atoms with van der Waals surface area (Å²) in [6.45, 7) is 0. The van der Waals surface area contributed by atoms with E-state index in [2.05, 4.69) is 167 Å². The molecule has 46 heavy (non-hydrogen) atoms. The van der Waals surface area contributed by atoms with Crippen LogP contribution in [0.1, 0.15) is 6.42 Å². The van der Waals surface area contributed by atoms with Crippen molar-refractivity contribution in [2.24, 2.45) is 0 Å². The number of hydrogen-bond acceptors (Lipinski definition) is 3. The Hall–Kier alpha value is -5.12. The van der Waals surface area contributed by atoms with Crippen LogP contribution >= 0.6 is 23.5 Å². The first kappa shape index (κ1) is 27.2. The van der Waals surface area contributed by atoms with E-state index in [0.717, 1.165) is 23.5 Å². The van der Waals surface area contributed by atoms with Crippen molar-refractivity contribution in [3.8, 4) is 16.8 Å². The summed E-state index contributed by atoms with van der Waals surface area (Å²) >= 11 is 3.77. The van der Waals surface area contributed by atoms with E-state index in [1.54, 1.807) is 0 Å². The van der Waals surface area contributed by atoms with Crippen LogP contribution in [0.3, 0.4) is 0 Å². The lowest BCUT2D eigenvalue weighted by Crippen LogP contribution is -2.16. The van der Waals surface area contributed by atoms with Gasteiger partial charge in [-0.15, -0.1) is 5.73 Å². The molecule has 0 unspecified atom stereocenters. The minimum absolute atomic E-state index is 0.831. The van der Waals surface area contributed by atoms with E-state index in [1.165, 1.54) is 58.2 Å². The van der Waals surface area contributed by atoms with Gasteiger partial charge in [0.1, 0.15) is 0 Å². The van der Waals surface area contributed by atoms with E-state index in [0.29, 0.717) is 0 Å². The molecule has 0 saturated carbocycles. The van der Waals surface area contributed by atoms with E-state index >= 15 is 0 Å². The second-order valence-electron chi connectivity index (χ2n) is 11.5. The Kier molecular flexibility index (Phi) is 6.71. The van der Waals surface area contributed by atoms with Crippen LogP contribution in [-0.2, 0) is 0 Å². The van der Waals surface area contributed by atoms with Gasteiger partial charge in [-0.2, -0.15) is 0 Å². The summed E-state index contributed by atoms with van der Waals surface area (Å²) < 4.78 is 2.44. The number of rotatable bonds is 5. The fraction of sp³-hybridized carbons (Fsp3) is 0.0238. The molecule has 1 aliphatic carbocycles. The lowest BCUT2D eigenvalue weighted by molar-refractivity contribution is 1.07. The van der Waals surface area contributed by atoms with Gasteiger partial charge in [-0.1, -0.05) is 96.3 Å². The molecule has 6 aromatic carbocycles. The van der Waals surface area contributed by atoms with E-state index in [1.807, 2.05) is 29.6 Å². The SMILES string of the molecule is C1=CC=C(N(c2ccccc2)c2ccc3c(c2)c2c4c(ccc2n3-c2ccc(-c3ccccc3)cc2)Sc2ccccc2S4)CC=1. The molecule has 0 amide bonds. The smallest absolute Gasteiger partial charge is 0.0553 e. The molecule has 1 aromatic heterocycles. The van der Waals surface area contributed by atoms with Crippen molar-refractivity contribution in [3.05, 3.63) is 169 Å². The second-order valence-corrected chi connectivity index (χ2v) is 13.6. The minimum Gasteiger partial charge on any atom is -0.314 e. The van der Waals surface area contributed by atoms with Gasteiger partial charge >= 0.3 is 0 Å². The van der Waals surface area contributed by atoms with Crippen molar-refractivity contribution in [1.29, 1.82) is 0 Å². The average Bonchev–Trinajstić information content (AvgIpc) is 3.46. The Balaban J connectivity index is 1.28. The molecular weight excluding hydrogens is 597 g/mol. The van der Waals surface area contributed by atoms with Gasteiger partial charge in [-0.25, -0.2) is 0 Å². The average molecular weight is 625 g/mol. The summed E-state index contributed by atoms with van der Waals surface area (Å²) in [6, 6.07) is 50.6. The van der Waals surface area contributed by atoms with Crippen LogP contribution in [0.2, 0.25) is 0 Å². The predicted octanol–water partition coefficient (Wildman–Crippen LogP) is 12.2. The largest absolute Gasteiger partial charge is 0.314 e. The minimum atomic E-state index is 0.831. The van der Waals surface area contributed by atoms with Crippen molar-refractivity contribution < 1.29 is 0 Å². The molecule has 0 atom stereocenters. The van der Waals surface area contributed by atoms with Gasteiger partial charge in [0.05, 0.1) is 11.0 Å². The Morgan fingerprint density at radius 2 is 1.28 bits per heavy atom. The molecule has 0 bridgehead atoms. The first-order chi connectivity index (χ1) is 22.8. The maximum absolute atomic E-state index is 3.24. The van der Waals surface area contributed by atoms with Gasteiger partial charge in [0.15, 0.2) is 0 Å². The molecule has 4 heteroatoms. The topological polar surface area (TPSA) is 8.17 Å². The zero-order chi connectivity index (χ0) is 30.5. The molecule has 0 fully saturated rings. The monoisotopic (exact) mass is 624 g/mol. The highest BCUT2D eigenvalue weighted by molar-refractivity contribution is 8.05. The first-order valence-corrected chi connectivity index (χ1v) is 17.1. The highest BCUT2D eigenvalue weighted by atomic mass is 32.2. The van der Waals surface area contributed by atoms with Gasteiger partial charge < -0.3 is 9.47 Å². The summed E-state index contributed by atoms with van der Waals surface area (Å²) in [5.41, 5.74) is 12.8. The highest BCUT2D eigenvalue weighted by Crippen LogP contribution is 2.53. The highest BCUT2D eigenvalue weighted by Gasteiger charge is 2.25. The van der Waals surface area contributed by atoms with Crippen LogP contribution in [0.25, 0.3) is 38.6 Å². The fourth-order valence-corrected chi connectivity index (χ4v) is 9.00. The second kappa shape index (κ2) is 11.3. The molecule has 218 valence electrons. The van der Waals surface area contributed by atoms with Gasteiger partial charge in [0, 0.05) is 59.5 Å². The van der Waals surface area contributed by atoms with Gasteiger partial charge in [0.2, 0.25) is 0 Å². The van der Waals surface area contributed by atoms with Crippen molar-refractivity contribution in [3.63, 3.8) is 0 Å². The molecule has 0 spiro atoms. The Morgan fingerprint density at radius 1 is 0.587 bits per heavy atom. The van der Waals surface area contributed by atoms with Crippen molar-refractivity contribution in [2.45, 2.75) is 26.0 Å². The zero-order valence-electron chi connectivity index (χ0n) is 24.9. The predicted molar refractivity (Wildman–Crippen MR) is 195 cm³/mol. The summed E-state index contributed by atoms with van der Waals surface area (Å²) in [7, 11) is 0. The molecule has 2 heterocycles. The van der Waals surface area contributed by atoms with Crippen molar-refractivity contribution in [1.82, 2.24) is 4.57 Å². The van der Waals surface area contributed by atoms with Gasteiger partial charge in [-0.3, -0.25) is 0 Å². The third-order valence-electron chi connectivity index (χ3n) is 8.71. The number of allylic oxidation sites excluding steroid dienone is 2. The van der Waals surface area contributed by atoms with Crippen LogP contribution in [0.5, 0.6) is 0 Å². The van der Waals surface area contributed by atoms with E-state index in [9.17, 15) is 0 Å². The van der Waals surface area contributed by atoms with Crippen molar-refractivity contribution in [2.75, 3.05) is 4.90 Å². The summed E-state index contributed by atoms with van der Waals surface area (Å²) in [5, 5.41) is 2.56. The van der Waals surface area contributed by atoms with E-state index in [4.69, 9.17) is 0 Å². The molecule has 0 radical (unpaired) electrons. The number of aromatic nitrogens is 1. The van der Waals surface area contributed by atoms with Gasteiger partial charge in [-0.05, 0) is 96.1 Å². The van der Waals surface area contributed by atoms with E-state index < -0.39 is 0 Å². The third-order valence-corrected chi connectivity index (χ3v) is 11.3. The molecule has 1 aliphatic heterocycles. The Bertz CT molecular complexity index is 2360. The van der Waals surface area contributed by atoms with Crippen LogP contribution in [0, 0.1) is 0 Å². The molecule has 2 aliphatic rings. The number of nitrogens with zero attached hydrogens (tertiary/aromatic N) is 2. The number of anilines is 2. The quantitative estimate of drug-likeness (QED) is 0.176. The summed E-state index contributed by atoms with van der Waals surface area (Å²) in [4.78, 5) is 7.66. The molecule has 7 aromatic rings. The third kappa shape index (κ3) is 4.62. The normalized spacial score (nSPS) is 13.4. The van der Waals surface area contributed by atoms with E-state index in [-0.39, 0.29) is 0 Å². The summed E-state index contributed by atoms with van der Waals surface area (Å²) in [6.07, 6.45) is 7.13. The maximum atomic E-state index is 3.24.